The summed E-state index contributed by atoms with van der Waals surface area (Å²) in [7, 11) is 0. The largest absolute Gasteiger partial charge is 0.369 e. The van der Waals surface area contributed by atoms with Crippen molar-refractivity contribution in [1.29, 1.82) is 5.26 Å². The summed E-state index contributed by atoms with van der Waals surface area (Å²) in [6.45, 7) is 6.94. The molecular formula is C22H24N6O. The van der Waals surface area contributed by atoms with Crippen molar-refractivity contribution in [2.75, 3.05) is 25.0 Å². The van der Waals surface area contributed by atoms with Gasteiger partial charge in [-0.3, -0.25) is 0 Å². The first kappa shape index (κ1) is 19.1. The van der Waals surface area contributed by atoms with Crippen LogP contribution in [0.2, 0.25) is 0 Å². The quantitative estimate of drug-likeness (QED) is 0.690. The molecule has 1 aliphatic rings. The Balaban J connectivity index is 1.66. The molecule has 7 nitrogen and oxygen atoms in total. The zero-order valence-electron chi connectivity index (χ0n) is 16.7. The number of aromatic nitrogens is 3. The fraction of sp³-hybridized carbons (Fsp3) is 0.364. The van der Waals surface area contributed by atoms with Gasteiger partial charge in [-0.2, -0.15) is 10.2 Å². The van der Waals surface area contributed by atoms with Crippen LogP contribution in [0.3, 0.4) is 0 Å². The highest BCUT2D eigenvalue weighted by Gasteiger charge is 2.18. The molecule has 0 fully saturated rings. The highest BCUT2D eigenvalue weighted by atomic mass is 16.5. The number of pyridine rings is 1. The average Bonchev–Trinajstić information content (AvgIpc) is 3.10. The smallest absolute Gasteiger partial charge is 0.259 e. The maximum Gasteiger partial charge on any atom is 0.259 e. The van der Waals surface area contributed by atoms with E-state index in [1.54, 1.807) is 12.3 Å². The third-order valence-electron chi connectivity index (χ3n) is 5.28. The molecule has 1 aliphatic heterocycles. The molecule has 0 atom stereocenters. The predicted molar refractivity (Wildman–Crippen MR) is 111 cm³/mol. The average molecular weight is 388 g/mol. The first-order chi connectivity index (χ1) is 14.2. The van der Waals surface area contributed by atoms with Gasteiger partial charge in [0.25, 0.3) is 5.89 Å². The molecule has 2 N–H and O–H groups in total. The van der Waals surface area contributed by atoms with Crippen molar-refractivity contribution in [1.82, 2.24) is 20.4 Å². The van der Waals surface area contributed by atoms with Crippen LogP contribution in [0.25, 0.3) is 22.8 Å². The Morgan fingerprint density at radius 3 is 2.97 bits per heavy atom. The van der Waals surface area contributed by atoms with E-state index in [4.69, 9.17) is 4.52 Å². The second kappa shape index (κ2) is 8.41. The molecule has 0 radical (unpaired) electrons. The van der Waals surface area contributed by atoms with Crippen molar-refractivity contribution in [2.45, 2.75) is 33.1 Å². The second-order valence-electron chi connectivity index (χ2n) is 7.21. The number of fused-ring (bicyclic) bond motifs is 1. The van der Waals surface area contributed by atoms with Crippen molar-refractivity contribution < 1.29 is 4.52 Å². The molecule has 0 aliphatic carbocycles. The van der Waals surface area contributed by atoms with Gasteiger partial charge in [-0.1, -0.05) is 24.2 Å². The standard InChI is InChI=1S/C22H24N6O/c1-3-8-25-20-16(12-23)11-17(13-26-20)22-27-21(28-29-22)19-5-4-15-6-9-24-10-7-18(15)14(19)2/h4-5,11,13,24H,3,6-10H2,1-2H3,(H,25,26). The van der Waals surface area contributed by atoms with Crippen LogP contribution in [-0.4, -0.2) is 34.8 Å². The van der Waals surface area contributed by atoms with Crippen LogP contribution in [0.15, 0.2) is 28.9 Å². The fourth-order valence-electron chi connectivity index (χ4n) is 3.70. The number of nitriles is 1. The Morgan fingerprint density at radius 1 is 1.28 bits per heavy atom. The lowest BCUT2D eigenvalue weighted by atomic mass is 9.93. The van der Waals surface area contributed by atoms with Crippen molar-refractivity contribution in [3.63, 3.8) is 0 Å². The zero-order chi connectivity index (χ0) is 20.2. The van der Waals surface area contributed by atoms with E-state index in [-0.39, 0.29) is 0 Å². The van der Waals surface area contributed by atoms with E-state index in [9.17, 15) is 5.26 Å². The van der Waals surface area contributed by atoms with E-state index in [1.807, 2.05) is 0 Å². The normalized spacial score (nSPS) is 13.4. The number of nitrogens with zero attached hydrogens (tertiary/aromatic N) is 4. The lowest BCUT2D eigenvalue weighted by molar-refractivity contribution is 0.432. The van der Waals surface area contributed by atoms with Crippen molar-refractivity contribution in [3.05, 3.63) is 46.6 Å². The monoisotopic (exact) mass is 388 g/mol. The van der Waals surface area contributed by atoms with Gasteiger partial charge in [-0.15, -0.1) is 0 Å². The highest BCUT2D eigenvalue weighted by molar-refractivity contribution is 5.67. The highest BCUT2D eigenvalue weighted by Crippen LogP contribution is 2.30. The summed E-state index contributed by atoms with van der Waals surface area (Å²) in [5, 5.41) is 20.2. The number of nitrogens with one attached hydrogen (secondary N) is 2. The minimum Gasteiger partial charge on any atom is -0.369 e. The van der Waals surface area contributed by atoms with Crippen LogP contribution in [0.5, 0.6) is 0 Å². The molecule has 2 aromatic heterocycles. The molecule has 4 rings (SSSR count). The molecular weight excluding hydrogens is 364 g/mol. The number of rotatable bonds is 5. The van der Waals surface area contributed by atoms with E-state index in [0.717, 1.165) is 44.5 Å². The van der Waals surface area contributed by atoms with Gasteiger partial charge >= 0.3 is 0 Å². The third kappa shape index (κ3) is 3.84. The second-order valence-corrected chi connectivity index (χ2v) is 7.21. The van der Waals surface area contributed by atoms with Gasteiger partial charge in [0.15, 0.2) is 0 Å². The van der Waals surface area contributed by atoms with Crippen LogP contribution in [0.1, 0.15) is 35.6 Å². The zero-order valence-corrected chi connectivity index (χ0v) is 16.7. The summed E-state index contributed by atoms with van der Waals surface area (Å²) in [4.78, 5) is 8.95. The molecule has 3 aromatic rings. The van der Waals surface area contributed by atoms with E-state index in [0.29, 0.717) is 28.7 Å². The van der Waals surface area contributed by atoms with Gasteiger partial charge in [0, 0.05) is 18.3 Å². The maximum absolute atomic E-state index is 9.44. The number of hydrogen-bond donors (Lipinski definition) is 2. The van der Waals surface area contributed by atoms with Gasteiger partial charge in [0.1, 0.15) is 11.9 Å². The molecule has 0 saturated carbocycles. The van der Waals surface area contributed by atoms with Gasteiger partial charge in [0.2, 0.25) is 5.82 Å². The molecule has 0 bridgehead atoms. The third-order valence-corrected chi connectivity index (χ3v) is 5.28. The summed E-state index contributed by atoms with van der Waals surface area (Å²) in [5.41, 5.74) is 6.05. The molecule has 1 aromatic carbocycles. The van der Waals surface area contributed by atoms with Gasteiger partial charge in [-0.25, -0.2) is 4.98 Å². The topological polar surface area (TPSA) is 99.7 Å². The summed E-state index contributed by atoms with van der Waals surface area (Å²) in [5.74, 6) is 1.50. The first-order valence-electron chi connectivity index (χ1n) is 10.0. The predicted octanol–water partition coefficient (Wildman–Crippen LogP) is 3.49. The van der Waals surface area contributed by atoms with Gasteiger partial charge in [-0.05, 0) is 62.0 Å². The molecule has 7 heteroatoms. The fourth-order valence-corrected chi connectivity index (χ4v) is 3.70. The number of hydrogen-bond acceptors (Lipinski definition) is 7. The maximum atomic E-state index is 9.44. The Kier molecular flexibility index (Phi) is 5.54. The summed E-state index contributed by atoms with van der Waals surface area (Å²) < 4.78 is 5.51. The van der Waals surface area contributed by atoms with Crippen LogP contribution in [-0.2, 0) is 12.8 Å². The van der Waals surface area contributed by atoms with Crippen molar-refractivity contribution in [2.24, 2.45) is 0 Å². The minimum absolute atomic E-state index is 0.363. The van der Waals surface area contributed by atoms with Crippen LogP contribution >= 0.6 is 0 Å². The Bertz CT molecular complexity index is 1070. The minimum atomic E-state index is 0.363. The SMILES string of the molecule is CCCNc1ncc(-c2nc(-c3ccc4c(c3C)CCNCC4)no2)cc1C#N. The van der Waals surface area contributed by atoms with E-state index >= 15 is 0 Å². The summed E-state index contributed by atoms with van der Waals surface area (Å²) in [6.07, 6.45) is 4.65. The van der Waals surface area contributed by atoms with Gasteiger partial charge in [0.05, 0.1) is 11.1 Å². The van der Waals surface area contributed by atoms with Crippen molar-refractivity contribution in [3.8, 4) is 28.9 Å². The van der Waals surface area contributed by atoms with Crippen LogP contribution in [0.4, 0.5) is 5.82 Å². The Labute approximate surface area is 170 Å². The molecule has 3 heterocycles. The van der Waals surface area contributed by atoms with Crippen LogP contribution in [0, 0.1) is 18.3 Å². The van der Waals surface area contributed by atoms with E-state index < -0.39 is 0 Å². The molecule has 0 spiro atoms. The van der Waals surface area contributed by atoms with Crippen molar-refractivity contribution >= 4 is 5.82 Å². The number of anilines is 1. The summed E-state index contributed by atoms with van der Waals surface area (Å²) >= 11 is 0. The lowest BCUT2D eigenvalue weighted by Crippen LogP contribution is -2.16. The van der Waals surface area contributed by atoms with E-state index in [1.165, 1.54) is 16.7 Å². The van der Waals surface area contributed by atoms with Crippen LogP contribution < -0.4 is 10.6 Å². The first-order valence-corrected chi connectivity index (χ1v) is 10.0. The number of benzene rings is 1. The lowest BCUT2D eigenvalue weighted by Gasteiger charge is -2.11. The molecule has 0 saturated heterocycles. The molecule has 0 unspecified atom stereocenters. The molecule has 148 valence electrons. The summed E-state index contributed by atoms with van der Waals surface area (Å²) in [6, 6.07) is 8.16. The van der Waals surface area contributed by atoms with E-state index in [2.05, 4.69) is 57.8 Å². The molecule has 0 amide bonds. The van der Waals surface area contributed by atoms with Gasteiger partial charge < -0.3 is 15.2 Å². The Morgan fingerprint density at radius 2 is 2.14 bits per heavy atom. The molecule has 29 heavy (non-hydrogen) atoms. The Hall–Kier alpha value is -3.24.